The molecule has 3 aromatic rings. The Morgan fingerprint density at radius 2 is 0.946 bits per heavy atom. The Kier molecular flexibility index (Phi) is 13.1. The summed E-state index contributed by atoms with van der Waals surface area (Å²) in [4.78, 5) is 0. The average molecular weight is 633 g/mol. The van der Waals surface area contributed by atoms with Crippen molar-refractivity contribution >= 4 is 42.2 Å². The van der Waals surface area contributed by atoms with E-state index in [0.717, 1.165) is 32.5 Å². The van der Waals surface area contributed by atoms with E-state index < -0.39 is 4.25 Å². The second-order valence-electron chi connectivity index (χ2n) is 9.99. The number of benzene rings is 3. The number of hydrogen-bond acceptors (Lipinski definition) is 2. The van der Waals surface area contributed by atoms with Crippen molar-refractivity contribution in [2.75, 3.05) is 19.4 Å². The van der Waals surface area contributed by atoms with Gasteiger partial charge in [-0.05, 0) is 0 Å². The summed E-state index contributed by atoms with van der Waals surface area (Å²) in [5.41, 5.74) is 0. The predicted molar refractivity (Wildman–Crippen MR) is 173 cm³/mol. The Hall–Kier alpha value is -1.26. The van der Waals surface area contributed by atoms with Crippen LogP contribution in [0.5, 0.6) is 0 Å². The SMILES string of the molecule is CCCOC(CCCCCCCCP(I)(c1ccccc1)(c1ccccc1)c1ccccc1)OCCC. The van der Waals surface area contributed by atoms with Crippen molar-refractivity contribution < 1.29 is 9.47 Å². The number of unbranched alkanes of at least 4 members (excludes halogenated alkanes) is 5. The maximum absolute atomic E-state index is 5.89. The van der Waals surface area contributed by atoms with E-state index in [1.54, 1.807) is 0 Å². The van der Waals surface area contributed by atoms with E-state index in [4.69, 9.17) is 9.47 Å². The fourth-order valence-corrected chi connectivity index (χ4v) is 14.0. The van der Waals surface area contributed by atoms with Crippen molar-refractivity contribution in [2.45, 2.75) is 77.9 Å². The smallest absolute Gasteiger partial charge is 0.0632 e. The van der Waals surface area contributed by atoms with Crippen molar-refractivity contribution in [3.8, 4) is 0 Å². The van der Waals surface area contributed by atoms with E-state index in [1.165, 1.54) is 60.6 Å². The first-order valence-corrected chi connectivity index (χ1v) is 19.5. The molecule has 0 aliphatic carbocycles. The molecular formula is C33H46IO2P. The third-order valence-electron chi connectivity index (χ3n) is 7.17. The Labute approximate surface area is 239 Å². The van der Waals surface area contributed by atoms with Gasteiger partial charge in [-0.15, -0.1) is 0 Å². The molecule has 0 spiro atoms. The molecule has 3 aromatic carbocycles. The third-order valence-corrected chi connectivity index (χ3v) is 18.9. The van der Waals surface area contributed by atoms with E-state index in [9.17, 15) is 0 Å². The monoisotopic (exact) mass is 632 g/mol. The summed E-state index contributed by atoms with van der Waals surface area (Å²) < 4.78 is 9.17. The van der Waals surface area contributed by atoms with Crippen LogP contribution in [0.25, 0.3) is 0 Å². The summed E-state index contributed by atoms with van der Waals surface area (Å²) in [5, 5.41) is 4.45. The van der Waals surface area contributed by atoms with Crippen molar-refractivity contribution in [2.24, 2.45) is 0 Å². The van der Waals surface area contributed by atoms with Crippen LogP contribution in [0.1, 0.15) is 71.6 Å². The fourth-order valence-electron chi connectivity index (χ4n) is 5.19. The molecule has 0 unspecified atom stereocenters. The van der Waals surface area contributed by atoms with Gasteiger partial charge in [-0.1, -0.05) is 13.8 Å². The molecule has 202 valence electrons. The molecule has 37 heavy (non-hydrogen) atoms. The fraction of sp³-hybridized carbons (Fsp3) is 0.455. The second-order valence-corrected chi connectivity index (χ2v) is 20.7. The van der Waals surface area contributed by atoms with Crippen LogP contribution < -0.4 is 15.9 Å². The zero-order valence-electron chi connectivity index (χ0n) is 22.9. The van der Waals surface area contributed by atoms with Crippen molar-refractivity contribution in [1.29, 1.82) is 0 Å². The molecule has 0 saturated heterocycles. The Morgan fingerprint density at radius 3 is 1.35 bits per heavy atom. The van der Waals surface area contributed by atoms with Gasteiger partial charge in [-0.3, -0.25) is 0 Å². The van der Waals surface area contributed by atoms with Crippen molar-refractivity contribution in [1.82, 2.24) is 0 Å². The molecule has 0 amide bonds. The van der Waals surface area contributed by atoms with E-state index in [2.05, 4.69) is 127 Å². The Bertz CT molecular complexity index is 889. The summed E-state index contributed by atoms with van der Waals surface area (Å²) in [6, 6.07) is 33.9. The van der Waals surface area contributed by atoms with E-state index in [-0.39, 0.29) is 6.29 Å². The van der Waals surface area contributed by atoms with Gasteiger partial charge < -0.3 is 0 Å². The van der Waals surface area contributed by atoms with Crippen LogP contribution >= 0.6 is 26.3 Å². The minimum absolute atomic E-state index is 0.0207. The van der Waals surface area contributed by atoms with Crippen LogP contribution in [-0.4, -0.2) is 25.7 Å². The summed E-state index contributed by atoms with van der Waals surface area (Å²) >= 11 is 2.91. The van der Waals surface area contributed by atoms with Gasteiger partial charge in [0.2, 0.25) is 0 Å². The van der Waals surface area contributed by atoms with Crippen LogP contribution in [0, 0.1) is 0 Å². The molecule has 0 saturated carbocycles. The number of ether oxygens (including phenoxy) is 2. The van der Waals surface area contributed by atoms with Gasteiger partial charge in [0, 0.05) is 0 Å². The number of halogens is 1. The van der Waals surface area contributed by atoms with Gasteiger partial charge in [0.15, 0.2) is 0 Å². The summed E-state index contributed by atoms with van der Waals surface area (Å²) in [6.07, 6.45) is 11.8. The minimum Gasteiger partial charge on any atom is -0.0632 e. The molecular weight excluding hydrogens is 586 g/mol. The molecule has 2 nitrogen and oxygen atoms in total. The van der Waals surface area contributed by atoms with Crippen LogP contribution in [-0.2, 0) is 9.47 Å². The zero-order chi connectivity index (χ0) is 26.3. The number of hydrogen-bond donors (Lipinski definition) is 0. The number of rotatable bonds is 18. The molecule has 0 aliphatic heterocycles. The first kappa shape index (κ1) is 30.3. The maximum atomic E-state index is 5.89. The topological polar surface area (TPSA) is 18.5 Å². The third kappa shape index (κ3) is 8.12. The normalized spacial score (nSPS) is 12.9. The summed E-state index contributed by atoms with van der Waals surface area (Å²) in [6.45, 7) is 5.89. The van der Waals surface area contributed by atoms with Gasteiger partial charge in [-0.25, -0.2) is 0 Å². The summed E-state index contributed by atoms with van der Waals surface area (Å²) in [7, 11) is 0. The molecule has 0 radical (unpaired) electrons. The zero-order valence-corrected chi connectivity index (χ0v) is 25.9. The van der Waals surface area contributed by atoms with Gasteiger partial charge in [0.25, 0.3) is 0 Å². The Balaban J connectivity index is 1.64. The standard InChI is InChI=1S/C33H46IO2P/c1-3-27-35-33(36-28-4-2)26-18-7-5-6-8-19-29-37(34,30-20-12-9-13-21-30,31-22-14-10-15-23-31)32-24-16-11-17-25-32/h9-17,20-25,33H,3-8,18-19,26-29H2,1-2H3. The molecule has 0 heterocycles. The van der Waals surface area contributed by atoms with Gasteiger partial charge in [-0.2, -0.15) is 0 Å². The molecule has 0 N–H and O–H groups in total. The quantitative estimate of drug-likeness (QED) is 0.0604. The van der Waals surface area contributed by atoms with E-state index in [1.807, 2.05) is 0 Å². The van der Waals surface area contributed by atoms with Crippen LogP contribution in [0.15, 0.2) is 91.0 Å². The van der Waals surface area contributed by atoms with Gasteiger partial charge in [0.1, 0.15) is 0 Å². The van der Waals surface area contributed by atoms with Crippen LogP contribution in [0.4, 0.5) is 0 Å². The predicted octanol–water partition coefficient (Wildman–Crippen LogP) is 8.78. The van der Waals surface area contributed by atoms with Crippen molar-refractivity contribution in [3.63, 3.8) is 0 Å². The van der Waals surface area contributed by atoms with Gasteiger partial charge >= 0.3 is 226 Å². The molecule has 3 rings (SSSR count). The van der Waals surface area contributed by atoms with Crippen LogP contribution in [0.2, 0.25) is 0 Å². The van der Waals surface area contributed by atoms with Crippen molar-refractivity contribution in [3.05, 3.63) is 91.0 Å². The molecule has 0 bridgehead atoms. The van der Waals surface area contributed by atoms with E-state index >= 15 is 0 Å². The average Bonchev–Trinajstić information content (AvgIpc) is 2.96. The molecule has 0 atom stereocenters. The molecule has 0 aromatic heterocycles. The summed E-state index contributed by atoms with van der Waals surface area (Å²) in [5.74, 6) is 0. The Morgan fingerprint density at radius 1 is 0.568 bits per heavy atom. The minimum atomic E-state index is -2.62. The van der Waals surface area contributed by atoms with Crippen LogP contribution in [0.3, 0.4) is 0 Å². The molecule has 0 aliphatic rings. The molecule has 0 fully saturated rings. The van der Waals surface area contributed by atoms with E-state index in [0.29, 0.717) is 0 Å². The molecule has 4 heteroatoms. The second kappa shape index (κ2) is 16.0. The first-order chi connectivity index (χ1) is 18.1. The van der Waals surface area contributed by atoms with Gasteiger partial charge in [0.05, 0.1) is 0 Å². The first-order valence-electron chi connectivity index (χ1n) is 14.3.